The molecule has 6 heteroatoms. The minimum absolute atomic E-state index is 0.178. The molecule has 1 aromatic heterocycles. The molecule has 0 bridgehead atoms. The van der Waals surface area contributed by atoms with E-state index in [1.54, 1.807) is 13.8 Å². The van der Waals surface area contributed by atoms with E-state index in [0.717, 1.165) is 37.6 Å². The van der Waals surface area contributed by atoms with Gasteiger partial charge in [-0.3, -0.25) is 4.79 Å². The lowest BCUT2D eigenvalue weighted by Gasteiger charge is -2.35. The Balaban J connectivity index is 1.82. The van der Waals surface area contributed by atoms with Crippen molar-refractivity contribution in [2.24, 2.45) is 0 Å². The Morgan fingerprint density at radius 3 is 2.52 bits per heavy atom. The number of para-hydroxylation sites is 2. The predicted molar refractivity (Wildman–Crippen MR) is 90.1 cm³/mol. The highest BCUT2D eigenvalue weighted by Crippen LogP contribution is 2.27. The van der Waals surface area contributed by atoms with Gasteiger partial charge in [0.15, 0.2) is 0 Å². The fourth-order valence-electron chi connectivity index (χ4n) is 2.89. The van der Waals surface area contributed by atoms with E-state index in [0.29, 0.717) is 17.0 Å². The molecule has 1 aromatic carbocycles. The number of nitrogens with zero attached hydrogens (tertiary/aromatic N) is 3. The van der Waals surface area contributed by atoms with Crippen molar-refractivity contribution in [1.82, 2.24) is 10.1 Å². The quantitative estimate of drug-likeness (QED) is 0.942. The minimum Gasteiger partial charge on any atom is -0.367 e. The summed E-state index contributed by atoms with van der Waals surface area (Å²) in [5.41, 5.74) is 3.00. The zero-order chi connectivity index (χ0) is 16.4. The van der Waals surface area contributed by atoms with E-state index in [-0.39, 0.29) is 5.91 Å². The summed E-state index contributed by atoms with van der Waals surface area (Å²) in [5.74, 6) is 0.361. The number of aromatic nitrogens is 1. The van der Waals surface area contributed by atoms with Crippen LogP contribution in [0.5, 0.6) is 0 Å². The number of hydrogen-bond donors (Lipinski definition) is 1. The van der Waals surface area contributed by atoms with Crippen LogP contribution in [0, 0.1) is 13.8 Å². The van der Waals surface area contributed by atoms with Gasteiger partial charge in [-0.2, -0.15) is 0 Å². The van der Waals surface area contributed by atoms with Crippen LogP contribution in [0.3, 0.4) is 0 Å². The standard InChI is InChI=1S/C17H22N4O2/c1-12-16(13(2)23-19-12)17(22)18-14-6-4-5-7-15(14)21-10-8-20(3)9-11-21/h4-7H,8-11H2,1-3H3,(H,18,22). The van der Waals surface area contributed by atoms with Crippen LogP contribution in [0.15, 0.2) is 28.8 Å². The number of carbonyl (C=O) groups excluding carboxylic acids is 1. The van der Waals surface area contributed by atoms with Gasteiger partial charge >= 0.3 is 0 Å². The fourth-order valence-corrected chi connectivity index (χ4v) is 2.89. The summed E-state index contributed by atoms with van der Waals surface area (Å²) in [6, 6.07) is 7.92. The largest absolute Gasteiger partial charge is 0.367 e. The first-order chi connectivity index (χ1) is 11.1. The SMILES string of the molecule is Cc1noc(C)c1C(=O)Nc1ccccc1N1CCN(C)CC1. The lowest BCUT2D eigenvalue weighted by Crippen LogP contribution is -2.44. The van der Waals surface area contributed by atoms with Gasteiger partial charge in [-0.25, -0.2) is 0 Å². The van der Waals surface area contributed by atoms with Gasteiger partial charge in [0.1, 0.15) is 11.3 Å². The van der Waals surface area contributed by atoms with Crippen molar-refractivity contribution in [3.8, 4) is 0 Å². The highest BCUT2D eigenvalue weighted by molar-refractivity contribution is 6.07. The summed E-state index contributed by atoms with van der Waals surface area (Å²) >= 11 is 0. The Bertz CT molecular complexity index is 683. The first-order valence-corrected chi connectivity index (χ1v) is 7.83. The smallest absolute Gasteiger partial charge is 0.261 e. The summed E-state index contributed by atoms with van der Waals surface area (Å²) in [4.78, 5) is 17.2. The van der Waals surface area contributed by atoms with Gasteiger partial charge in [0.05, 0.1) is 17.1 Å². The first kappa shape index (κ1) is 15.6. The average molecular weight is 314 g/mol. The predicted octanol–water partition coefficient (Wildman–Crippen LogP) is 2.30. The number of anilines is 2. The highest BCUT2D eigenvalue weighted by Gasteiger charge is 2.21. The van der Waals surface area contributed by atoms with Gasteiger partial charge in [-0.1, -0.05) is 17.3 Å². The van der Waals surface area contributed by atoms with Crippen molar-refractivity contribution in [2.45, 2.75) is 13.8 Å². The van der Waals surface area contributed by atoms with Gasteiger partial charge in [-0.05, 0) is 33.0 Å². The van der Waals surface area contributed by atoms with Gasteiger partial charge in [0.25, 0.3) is 5.91 Å². The molecule has 122 valence electrons. The molecule has 2 aromatic rings. The molecule has 0 spiro atoms. The Hall–Kier alpha value is -2.34. The van der Waals surface area contributed by atoms with Crippen LogP contribution in [-0.2, 0) is 0 Å². The van der Waals surface area contributed by atoms with Crippen LogP contribution in [0.25, 0.3) is 0 Å². The van der Waals surface area contributed by atoms with Crippen molar-refractivity contribution in [3.05, 3.63) is 41.3 Å². The van der Waals surface area contributed by atoms with Crippen molar-refractivity contribution >= 4 is 17.3 Å². The van der Waals surface area contributed by atoms with E-state index in [9.17, 15) is 4.79 Å². The molecule has 0 atom stereocenters. The van der Waals surface area contributed by atoms with Crippen LogP contribution in [0.4, 0.5) is 11.4 Å². The number of rotatable bonds is 3. The summed E-state index contributed by atoms with van der Waals surface area (Å²) in [6.45, 7) is 7.47. The summed E-state index contributed by atoms with van der Waals surface area (Å²) in [7, 11) is 2.13. The van der Waals surface area contributed by atoms with Crippen LogP contribution in [0.2, 0.25) is 0 Å². The fraction of sp³-hybridized carbons (Fsp3) is 0.412. The molecule has 1 aliphatic rings. The molecular weight excluding hydrogens is 292 g/mol. The second-order valence-corrected chi connectivity index (χ2v) is 5.96. The van der Waals surface area contributed by atoms with Crippen LogP contribution in [0.1, 0.15) is 21.8 Å². The Labute approximate surface area is 136 Å². The minimum atomic E-state index is -0.178. The molecule has 1 N–H and O–H groups in total. The van der Waals surface area contributed by atoms with Gasteiger partial charge in [0, 0.05) is 26.2 Å². The number of piperazine rings is 1. The Morgan fingerprint density at radius 2 is 1.87 bits per heavy atom. The lowest BCUT2D eigenvalue weighted by atomic mass is 10.1. The van der Waals surface area contributed by atoms with Crippen molar-refractivity contribution in [2.75, 3.05) is 43.4 Å². The molecule has 0 unspecified atom stereocenters. The molecule has 1 amide bonds. The molecule has 2 heterocycles. The molecule has 0 saturated carbocycles. The number of likely N-dealkylation sites (N-methyl/N-ethyl adjacent to an activating group) is 1. The second-order valence-electron chi connectivity index (χ2n) is 5.96. The van der Waals surface area contributed by atoms with E-state index in [2.05, 4.69) is 27.3 Å². The number of hydrogen-bond acceptors (Lipinski definition) is 5. The maximum absolute atomic E-state index is 12.6. The molecule has 1 saturated heterocycles. The number of benzene rings is 1. The average Bonchev–Trinajstić information content (AvgIpc) is 2.88. The second kappa shape index (κ2) is 6.42. The Kier molecular flexibility index (Phi) is 4.34. The number of carbonyl (C=O) groups is 1. The first-order valence-electron chi connectivity index (χ1n) is 7.83. The molecule has 23 heavy (non-hydrogen) atoms. The van der Waals surface area contributed by atoms with Gasteiger partial charge < -0.3 is 19.6 Å². The van der Waals surface area contributed by atoms with Crippen molar-refractivity contribution in [1.29, 1.82) is 0 Å². The molecule has 3 rings (SSSR count). The monoisotopic (exact) mass is 314 g/mol. The van der Waals surface area contributed by atoms with Crippen LogP contribution >= 0.6 is 0 Å². The maximum Gasteiger partial charge on any atom is 0.261 e. The van der Waals surface area contributed by atoms with E-state index in [1.165, 1.54) is 0 Å². The number of nitrogens with one attached hydrogen (secondary N) is 1. The van der Waals surface area contributed by atoms with E-state index < -0.39 is 0 Å². The van der Waals surface area contributed by atoms with E-state index in [1.807, 2.05) is 24.3 Å². The third kappa shape index (κ3) is 3.22. The van der Waals surface area contributed by atoms with E-state index in [4.69, 9.17) is 4.52 Å². The molecule has 6 nitrogen and oxygen atoms in total. The summed E-state index contributed by atoms with van der Waals surface area (Å²) < 4.78 is 5.09. The van der Waals surface area contributed by atoms with Crippen LogP contribution in [-0.4, -0.2) is 49.2 Å². The highest BCUT2D eigenvalue weighted by atomic mass is 16.5. The Morgan fingerprint density at radius 1 is 1.17 bits per heavy atom. The summed E-state index contributed by atoms with van der Waals surface area (Å²) in [6.07, 6.45) is 0. The molecule has 0 aliphatic carbocycles. The molecule has 1 aliphatic heterocycles. The normalized spacial score (nSPS) is 15.7. The number of amides is 1. The third-order valence-corrected chi connectivity index (χ3v) is 4.26. The summed E-state index contributed by atoms with van der Waals surface area (Å²) in [5, 5.41) is 6.86. The van der Waals surface area contributed by atoms with Crippen molar-refractivity contribution < 1.29 is 9.32 Å². The lowest BCUT2D eigenvalue weighted by molar-refractivity contribution is 0.102. The third-order valence-electron chi connectivity index (χ3n) is 4.26. The van der Waals surface area contributed by atoms with Crippen LogP contribution < -0.4 is 10.2 Å². The van der Waals surface area contributed by atoms with Crippen molar-refractivity contribution in [3.63, 3.8) is 0 Å². The zero-order valence-electron chi connectivity index (χ0n) is 13.8. The van der Waals surface area contributed by atoms with Gasteiger partial charge in [-0.15, -0.1) is 0 Å². The van der Waals surface area contributed by atoms with E-state index >= 15 is 0 Å². The molecule has 0 radical (unpaired) electrons. The number of aryl methyl sites for hydroxylation is 2. The maximum atomic E-state index is 12.6. The topological polar surface area (TPSA) is 61.6 Å². The van der Waals surface area contributed by atoms with Gasteiger partial charge in [0.2, 0.25) is 0 Å². The molecule has 1 fully saturated rings. The molecular formula is C17H22N4O2. The zero-order valence-corrected chi connectivity index (χ0v) is 13.8.